The van der Waals surface area contributed by atoms with Gasteiger partial charge in [0.15, 0.2) is 5.58 Å². The van der Waals surface area contributed by atoms with E-state index in [0.717, 1.165) is 24.0 Å². The molecular formula is C27H21N5O4. The Kier molecular flexibility index (Phi) is 4.57. The summed E-state index contributed by atoms with van der Waals surface area (Å²) in [5, 5.41) is 7.46. The summed E-state index contributed by atoms with van der Waals surface area (Å²) < 4.78 is 11.3. The Morgan fingerprint density at radius 2 is 1.89 bits per heavy atom. The van der Waals surface area contributed by atoms with Crippen molar-refractivity contribution >= 4 is 17.0 Å². The monoisotopic (exact) mass is 479 g/mol. The zero-order valence-electron chi connectivity index (χ0n) is 19.1. The molecule has 2 N–H and O–H groups in total. The third-order valence-corrected chi connectivity index (χ3v) is 6.76. The molecule has 1 aliphatic heterocycles. The van der Waals surface area contributed by atoms with E-state index in [1.807, 2.05) is 59.5 Å². The number of carbonyl (C=O) groups is 1. The Hall–Kier alpha value is -4.66. The highest BCUT2D eigenvalue weighted by atomic mass is 16.5. The van der Waals surface area contributed by atoms with Gasteiger partial charge in [-0.15, -0.1) is 0 Å². The van der Waals surface area contributed by atoms with Crippen molar-refractivity contribution in [2.45, 2.75) is 18.9 Å². The van der Waals surface area contributed by atoms with Crippen molar-refractivity contribution in [1.82, 2.24) is 25.1 Å². The van der Waals surface area contributed by atoms with E-state index in [2.05, 4.69) is 20.2 Å². The fourth-order valence-corrected chi connectivity index (χ4v) is 4.90. The molecule has 36 heavy (non-hydrogen) atoms. The number of oxazole rings is 1. The van der Waals surface area contributed by atoms with E-state index < -0.39 is 5.76 Å². The van der Waals surface area contributed by atoms with E-state index >= 15 is 0 Å². The molecular weight excluding hydrogens is 458 g/mol. The molecule has 9 nitrogen and oxygen atoms in total. The minimum absolute atomic E-state index is 0.0899. The van der Waals surface area contributed by atoms with Crippen LogP contribution >= 0.6 is 0 Å². The van der Waals surface area contributed by atoms with Crippen molar-refractivity contribution in [3.8, 4) is 22.9 Å². The summed E-state index contributed by atoms with van der Waals surface area (Å²) in [4.78, 5) is 34.5. The lowest BCUT2D eigenvalue weighted by molar-refractivity contribution is 0.0735. The van der Waals surface area contributed by atoms with Crippen molar-refractivity contribution in [3.63, 3.8) is 0 Å². The van der Waals surface area contributed by atoms with E-state index in [1.54, 1.807) is 12.3 Å². The third kappa shape index (κ3) is 3.39. The second-order valence-corrected chi connectivity index (χ2v) is 9.21. The summed E-state index contributed by atoms with van der Waals surface area (Å²) in [6.45, 7) is 0.664. The number of aromatic amines is 2. The number of fused-ring (bicyclic) bond motifs is 2. The van der Waals surface area contributed by atoms with Gasteiger partial charge in [-0.25, -0.2) is 9.78 Å². The molecule has 0 saturated heterocycles. The van der Waals surface area contributed by atoms with Gasteiger partial charge in [-0.3, -0.25) is 14.9 Å². The van der Waals surface area contributed by atoms with Crippen LogP contribution in [0.5, 0.6) is 11.6 Å². The number of hydrogen-bond donors (Lipinski definition) is 2. The second-order valence-electron chi connectivity index (χ2n) is 9.21. The molecule has 1 aliphatic carbocycles. The maximum Gasteiger partial charge on any atom is 0.417 e. The Bertz CT molecular complexity index is 1650. The zero-order valence-corrected chi connectivity index (χ0v) is 19.1. The summed E-state index contributed by atoms with van der Waals surface area (Å²) in [5.74, 6) is 1.04. The van der Waals surface area contributed by atoms with Crippen molar-refractivity contribution in [1.29, 1.82) is 0 Å². The first-order chi connectivity index (χ1) is 17.7. The van der Waals surface area contributed by atoms with Gasteiger partial charge in [0, 0.05) is 29.9 Å². The number of H-pyrrole nitrogens is 2. The smallest absolute Gasteiger partial charge is 0.417 e. The van der Waals surface area contributed by atoms with Crippen molar-refractivity contribution < 1.29 is 13.9 Å². The van der Waals surface area contributed by atoms with Crippen LogP contribution in [-0.4, -0.2) is 37.5 Å². The van der Waals surface area contributed by atoms with Crippen LogP contribution in [0.25, 0.3) is 22.4 Å². The summed E-state index contributed by atoms with van der Waals surface area (Å²) in [6.07, 6.45) is 3.98. The minimum Gasteiger partial charge on any atom is -0.439 e. The van der Waals surface area contributed by atoms with Gasteiger partial charge in [-0.2, -0.15) is 5.10 Å². The van der Waals surface area contributed by atoms with Crippen LogP contribution in [0.4, 0.5) is 0 Å². The Labute approximate surface area is 204 Å². The zero-order chi connectivity index (χ0) is 24.2. The molecule has 1 fully saturated rings. The molecule has 1 amide bonds. The van der Waals surface area contributed by atoms with Gasteiger partial charge < -0.3 is 14.1 Å². The van der Waals surface area contributed by atoms with Crippen molar-refractivity contribution in [2.75, 3.05) is 6.54 Å². The molecule has 1 saturated carbocycles. The lowest BCUT2D eigenvalue weighted by atomic mass is 9.96. The van der Waals surface area contributed by atoms with Gasteiger partial charge in [0.2, 0.25) is 5.88 Å². The predicted octanol–water partition coefficient (Wildman–Crippen LogP) is 4.65. The molecule has 0 spiro atoms. The molecule has 9 heteroatoms. The average Bonchev–Trinajstić information content (AvgIpc) is 3.37. The molecule has 7 rings (SSSR count). The largest absolute Gasteiger partial charge is 0.439 e. The van der Waals surface area contributed by atoms with Crippen LogP contribution in [0, 0.1) is 5.92 Å². The Morgan fingerprint density at radius 3 is 2.67 bits per heavy atom. The number of pyridine rings is 1. The number of ether oxygens (including phenoxy) is 1. The molecule has 2 aromatic carbocycles. The summed E-state index contributed by atoms with van der Waals surface area (Å²) in [7, 11) is 0. The highest BCUT2D eigenvalue weighted by Gasteiger charge is 2.44. The highest BCUT2D eigenvalue weighted by molar-refractivity contribution is 6.01. The fraction of sp³-hybridized carbons (Fsp3) is 0.185. The van der Waals surface area contributed by atoms with Crippen LogP contribution in [0.1, 0.15) is 40.5 Å². The van der Waals surface area contributed by atoms with Gasteiger partial charge in [0.05, 0.1) is 11.6 Å². The number of para-hydroxylation sites is 2. The normalized spacial score (nSPS) is 17.1. The van der Waals surface area contributed by atoms with E-state index in [0.29, 0.717) is 52.1 Å². The number of hydrogen-bond acceptors (Lipinski definition) is 6. The Morgan fingerprint density at radius 1 is 1.03 bits per heavy atom. The number of amides is 1. The molecule has 0 bridgehead atoms. The summed E-state index contributed by atoms with van der Waals surface area (Å²) in [6, 6.07) is 18.3. The standard InChI is InChI=1S/C27H21N5O4/c33-26-23-21(22(30-31-23)18-7-4-8-19-25(18)36-27(34)29-19)24(32(26)14-15-9-10-15)16-11-12-20(28-13-16)35-17-5-2-1-3-6-17/h1-8,11-13,15,24H,9-10,14H2,(H,29,34)(H,30,31). The molecule has 0 radical (unpaired) electrons. The number of aromatic nitrogens is 4. The van der Waals surface area contributed by atoms with E-state index in [4.69, 9.17) is 9.15 Å². The molecule has 178 valence electrons. The number of nitrogens with one attached hydrogen (secondary N) is 2. The minimum atomic E-state index is -0.536. The van der Waals surface area contributed by atoms with E-state index in [-0.39, 0.29) is 11.9 Å². The molecule has 3 aromatic heterocycles. The lowest BCUT2D eigenvalue weighted by Gasteiger charge is -2.26. The van der Waals surface area contributed by atoms with Gasteiger partial charge in [-0.1, -0.05) is 24.3 Å². The number of rotatable bonds is 6. The van der Waals surface area contributed by atoms with Gasteiger partial charge in [0.25, 0.3) is 5.91 Å². The van der Waals surface area contributed by atoms with Crippen LogP contribution in [0.3, 0.4) is 0 Å². The molecule has 4 heterocycles. The Balaban J connectivity index is 1.32. The lowest BCUT2D eigenvalue weighted by Crippen LogP contribution is -2.31. The van der Waals surface area contributed by atoms with Gasteiger partial charge in [0.1, 0.15) is 17.1 Å². The highest BCUT2D eigenvalue weighted by Crippen LogP contribution is 2.45. The summed E-state index contributed by atoms with van der Waals surface area (Å²) in [5.41, 5.74) is 4.28. The van der Waals surface area contributed by atoms with Gasteiger partial charge >= 0.3 is 5.76 Å². The molecule has 2 aliphatic rings. The second kappa shape index (κ2) is 7.94. The fourth-order valence-electron chi connectivity index (χ4n) is 4.90. The van der Waals surface area contributed by atoms with Crippen molar-refractivity contribution in [3.05, 3.63) is 94.2 Å². The topological polar surface area (TPSA) is 117 Å². The predicted molar refractivity (Wildman–Crippen MR) is 131 cm³/mol. The van der Waals surface area contributed by atoms with Crippen molar-refractivity contribution in [2.24, 2.45) is 5.92 Å². The maximum absolute atomic E-state index is 13.5. The van der Waals surface area contributed by atoms with Crippen LogP contribution in [-0.2, 0) is 0 Å². The third-order valence-electron chi connectivity index (χ3n) is 6.76. The summed E-state index contributed by atoms with van der Waals surface area (Å²) >= 11 is 0. The van der Waals surface area contributed by atoms with Crippen LogP contribution < -0.4 is 10.5 Å². The first kappa shape index (κ1) is 20.7. The molecule has 1 atom stereocenters. The van der Waals surface area contributed by atoms with Gasteiger partial charge in [-0.05, 0) is 54.7 Å². The number of carbonyl (C=O) groups excluding carboxylic acids is 1. The molecule has 1 unspecified atom stereocenters. The quantitative estimate of drug-likeness (QED) is 0.366. The van der Waals surface area contributed by atoms with Crippen LogP contribution in [0.2, 0.25) is 0 Å². The van der Waals surface area contributed by atoms with Crippen LogP contribution in [0.15, 0.2) is 76.1 Å². The SMILES string of the molecule is O=C1c2[nH]nc(-c3cccc4[nH]c(=O)oc34)c2C(c2ccc(Oc3ccccc3)nc2)N1CC1CC1. The molecule has 5 aromatic rings. The maximum atomic E-state index is 13.5. The number of nitrogens with zero attached hydrogens (tertiary/aromatic N) is 3. The van der Waals surface area contributed by atoms with E-state index in [1.165, 1.54) is 0 Å². The first-order valence-corrected chi connectivity index (χ1v) is 11.9. The average molecular weight is 479 g/mol. The first-order valence-electron chi connectivity index (χ1n) is 11.9. The number of benzene rings is 2. The van der Waals surface area contributed by atoms with E-state index in [9.17, 15) is 9.59 Å².